The van der Waals surface area contributed by atoms with Crippen LogP contribution in [-0.4, -0.2) is 23.3 Å². The summed E-state index contributed by atoms with van der Waals surface area (Å²) >= 11 is 3.15. The van der Waals surface area contributed by atoms with Crippen LogP contribution in [0.2, 0.25) is 0 Å². The SMILES string of the molecule is O=C(COC(=O)c1cncc(Br)c1)c1ccc(F)c(F)c1. The Morgan fingerprint density at radius 1 is 1.10 bits per heavy atom. The van der Waals surface area contributed by atoms with Crippen LogP contribution in [0, 0.1) is 11.6 Å². The number of halogens is 3. The largest absolute Gasteiger partial charge is 0.454 e. The van der Waals surface area contributed by atoms with Crippen molar-refractivity contribution in [2.75, 3.05) is 6.61 Å². The molecule has 4 nitrogen and oxygen atoms in total. The number of carbonyl (C=O) groups is 2. The van der Waals surface area contributed by atoms with Gasteiger partial charge in [0.05, 0.1) is 5.56 Å². The summed E-state index contributed by atoms with van der Waals surface area (Å²) in [6.45, 7) is -0.573. The number of nitrogens with zero attached hydrogens (tertiary/aromatic N) is 1. The summed E-state index contributed by atoms with van der Waals surface area (Å²) in [6, 6.07) is 4.20. The average Bonchev–Trinajstić information content (AvgIpc) is 2.47. The van der Waals surface area contributed by atoms with E-state index in [-0.39, 0.29) is 11.1 Å². The van der Waals surface area contributed by atoms with E-state index in [2.05, 4.69) is 20.9 Å². The molecule has 0 amide bonds. The van der Waals surface area contributed by atoms with Gasteiger partial charge in [-0.1, -0.05) is 0 Å². The molecule has 0 fully saturated rings. The Bertz CT molecular complexity index is 706. The summed E-state index contributed by atoms with van der Waals surface area (Å²) < 4.78 is 31.1. The van der Waals surface area contributed by atoms with Gasteiger partial charge < -0.3 is 4.74 Å². The van der Waals surface area contributed by atoms with Crippen molar-refractivity contribution in [1.29, 1.82) is 0 Å². The van der Waals surface area contributed by atoms with Crippen LogP contribution in [0.25, 0.3) is 0 Å². The summed E-state index contributed by atoms with van der Waals surface area (Å²) in [7, 11) is 0. The zero-order valence-corrected chi connectivity index (χ0v) is 12.1. The van der Waals surface area contributed by atoms with Crippen LogP contribution in [0.3, 0.4) is 0 Å². The third-order valence-corrected chi connectivity index (χ3v) is 2.95. The van der Waals surface area contributed by atoms with Gasteiger partial charge in [-0.25, -0.2) is 13.6 Å². The number of hydrogen-bond acceptors (Lipinski definition) is 4. The van der Waals surface area contributed by atoms with E-state index in [0.717, 1.165) is 18.2 Å². The number of esters is 1. The van der Waals surface area contributed by atoms with Crippen LogP contribution in [0.4, 0.5) is 8.78 Å². The van der Waals surface area contributed by atoms with Gasteiger partial charge in [0.15, 0.2) is 24.0 Å². The molecule has 108 valence electrons. The zero-order valence-electron chi connectivity index (χ0n) is 10.5. The Morgan fingerprint density at radius 3 is 2.52 bits per heavy atom. The van der Waals surface area contributed by atoms with E-state index in [1.165, 1.54) is 18.5 Å². The Balaban J connectivity index is 2.00. The van der Waals surface area contributed by atoms with Gasteiger partial charge in [0, 0.05) is 22.4 Å². The summed E-state index contributed by atoms with van der Waals surface area (Å²) in [5.41, 5.74) is 0.0940. The first-order chi connectivity index (χ1) is 9.97. The molecule has 1 heterocycles. The number of rotatable bonds is 4. The molecule has 21 heavy (non-hydrogen) atoms. The van der Waals surface area contributed by atoms with E-state index in [4.69, 9.17) is 4.74 Å². The summed E-state index contributed by atoms with van der Waals surface area (Å²) in [5, 5.41) is 0. The number of ether oxygens (including phenoxy) is 1. The number of ketones is 1. The van der Waals surface area contributed by atoms with Gasteiger partial charge in [-0.05, 0) is 40.2 Å². The number of Topliss-reactive ketones (excluding diaryl/α,β-unsaturated/α-hetero) is 1. The van der Waals surface area contributed by atoms with Crippen molar-refractivity contribution in [3.8, 4) is 0 Å². The van der Waals surface area contributed by atoms with Crippen molar-refractivity contribution in [1.82, 2.24) is 4.98 Å². The molecule has 1 aromatic carbocycles. The molecule has 2 aromatic rings. The van der Waals surface area contributed by atoms with Crippen molar-refractivity contribution in [2.24, 2.45) is 0 Å². The first-order valence-electron chi connectivity index (χ1n) is 5.73. The van der Waals surface area contributed by atoms with Gasteiger partial charge in [-0.3, -0.25) is 9.78 Å². The average molecular weight is 356 g/mol. The smallest absolute Gasteiger partial charge is 0.340 e. The van der Waals surface area contributed by atoms with Crippen LogP contribution < -0.4 is 0 Å². The predicted octanol–water partition coefficient (Wildman–Crippen LogP) is 3.16. The maximum atomic E-state index is 13.0. The molecule has 7 heteroatoms. The number of pyridine rings is 1. The lowest BCUT2D eigenvalue weighted by molar-refractivity contribution is 0.0474. The number of carbonyl (C=O) groups excluding carboxylic acids is 2. The second-order valence-electron chi connectivity index (χ2n) is 4.02. The van der Waals surface area contributed by atoms with Crippen molar-refractivity contribution in [3.05, 3.63) is 63.9 Å². The Morgan fingerprint density at radius 2 is 1.86 bits per heavy atom. The molecule has 0 N–H and O–H groups in total. The van der Waals surface area contributed by atoms with E-state index >= 15 is 0 Å². The zero-order chi connectivity index (χ0) is 15.4. The van der Waals surface area contributed by atoms with Crippen molar-refractivity contribution in [2.45, 2.75) is 0 Å². The fourth-order valence-corrected chi connectivity index (χ4v) is 1.86. The molecule has 0 radical (unpaired) electrons. The first-order valence-corrected chi connectivity index (χ1v) is 6.52. The molecule has 0 unspecified atom stereocenters. The first kappa shape index (κ1) is 15.2. The quantitative estimate of drug-likeness (QED) is 0.624. The van der Waals surface area contributed by atoms with E-state index in [0.29, 0.717) is 4.47 Å². The summed E-state index contributed by atoms with van der Waals surface area (Å²) in [6.07, 6.45) is 2.78. The standard InChI is InChI=1S/C14H8BrF2NO3/c15-10-3-9(5-18-6-10)14(20)21-7-13(19)8-1-2-11(16)12(17)4-8/h1-6H,7H2. The van der Waals surface area contributed by atoms with Gasteiger partial charge >= 0.3 is 5.97 Å². The molecule has 1 aromatic heterocycles. The summed E-state index contributed by atoms with van der Waals surface area (Å²) in [5.74, 6) is -3.56. The molecule has 0 aliphatic heterocycles. The minimum atomic E-state index is -1.14. The molecule has 0 saturated carbocycles. The van der Waals surface area contributed by atoms with Gasteiger partial charge in [0.1, 0.15) is 0 Å². The topological polar surface area (TPSA) is 56.3 Å². The lowest BCUT2D eigenvalue weighted by Gasteiger charge is -2.05. The normalized spacial score (nSPS) is 10.2. The fraction of sp³-hybridized carbons (Fsp3) is 0.0714. The third-order valence-electron chi connectivity index (χ3n) is 2.52. The molecule has 2 rings (SSSR count). The molecule has 0 aliphatic rings. The Kier molecular flexibility index (Phi) is 4.74. The molecule has 0 saturated heterocycles. The lowest BCUT2D eigenvalue weighted by Crippen LogP contribution is -2.14. The lowest BCUT2D eigenvalue weighted by atomic mass is 10.1. The number of benzene rings is 1. The minimum Gasteiger partial charge on any atom is -0.454 e. The molecular weight excluding hydrogens is 348 g/mol. The summed E-state index contributed by atoms with van der Waals surface area (Å²) in [4.78, 5) is 27.2. The van der Waals surface area contributed by atoms with Crippen molar-refractivity contribution < 1.29 is 23.1 Å². The van der Waals surface area contributed by atoms with E-state index in [9.17, 15) is 18.4 Å². The Labute approximate surface area is 126 Å². The van der Waals surface area contributed by atoms with Gasteiger partial charge in [-0.15, -0.1) is 0 Å². The van der Waals surface area contributed by atoms with Crippen molar-refractivity contribution in [3.63, 3.8) is 0 Å². The highest BCUT2D eigenvalue weighted by Gasteiger charge is 2.14. The van der Waals surface area contributed by atoms with Crippen LogP contribution in [-0.2, 0) is 4.74 Å². The van der Waals surface area contributed by atoms with E-state index in [1.807, 2.05) is 0 Å². The second-order valence-corrected chi connectivity index (χ2v) is 4.94. The van der Waals surface area contributed by atoms with Gasteiger partial charge in [0.25, 0.3) is 0 Å². The predicted molar refractivity (Wildman–Crippen MR) is 72.9 cm³/mol. The van der Waals surface area contributed by atoms with Crippen LogP contribution >= 0.6 is 15.9 Å². The molecule has 0 bridgehead atoms. The maximum absolute atomic E-state index is 13.0. The molecule has 0 spiro atoms. The third kappa shape index (κ3) is 3.91. The van der Waals surface area contributed by atoms with Crippen molar-refractivity contribution >= 4 is 27.7 Å². The molecule has 0 atom stereocenters. The highest BCUT2D eigenvalue weighted by atomic mass is 79.9. The highest BCUT2D eigenvalue weighted by Crippen LogP contribution is 2.12. The van der Waals surface area contributed by atoms with Gasteiger partial charge in [-0.2, -0.15) is 0 Å². The van der Waals surface area contributed by atoms with Gasteiger partial charge in [0.2, 0.25) is 0 Å². The monoisotopic (exact) mass is 355 g/mol. The van der Waals surface area contributed by atoms with Crippen LogP contribution in [0.5, 0.6) is 0 Å². The number of hydrogen-bond donors (Lipinski definition) is 0. The molecule has 0 aliphatic carbocycles. The minimum absolute atomic E-state index is 0.0749. The number of aromatic nitrogens is 1. The van der Waals surface area contributed by atoms with E-state index in [1.54, 1.807) is 0 Å². The fourth-order valence-electron chi connectivity index (χ4n) is 1.49. The van der Waals surface area contributed by atoms with Crippen LogP contribution in [0.1, 0.15) is 20.7 Å². The van der Waals surface area contributed by atoms with E-state index < -0.39 is 30.0 Å². The maximum Gasteiger partial charge on any atom is 0.340 e. The molecular formula is C14H8BrF2NO3. The highest BCUT2D eigenvalue weighted by molar-refractivity contribution is 9.10. The van der Waals surface area contributed by atoms with Crippen LogP contribution in [0.15, 0.2) is 41.1 Å². The Hall–Kier alpha value is -2.15. The second kappa shape index (κ2) is 6.53.